The van der Waals surface area contributed by atoms with Gasteiger partial charge < -0.3 is 18.9 Å². The fourth-order valence-corrected chi connectivity index (χ4v) is 2.45. The molecule has 4 atom stereocenters. The van der Waals surface area contributed by atoms with Crippen molar-refractivity contribution in [1.82, 2.24) is 0 Å². The van der Waals surface area contributed by atoms with Gasteiger partial charge in [-0.2, -0.15) is 0 Å². The van der Waals surface area contributed by atoms with Gasteiger partial charge in [-0.25, -0.2) is 4.79 Å². The van der Waals surface area contributed by atoms with E-state index in [1.807, 2.05) is 0 Å². The first-order valence-corrected chi connectivity index (χ1v) is 7.60. The van der Waals surface area contributed by atoms with Gasteiger partial charge in [-0.3, -0.25) is 9.59 Å². The van der Waals surface area contributed by atoms with E-state index in [2.05, 4.69) is 0 Å². The molecule has 1 aliphatic rings. The second-order valence-corrected chi connectivity index (χ2v) is 5.55. The van der Waals surface area contributed by atoms with Crippen LogP contribution in [-0.4, -0.2) is 43.0 Å². The first kappa shape index (κ1) is 17.9. The first-order valence-electron chi connectivity index (χ1n) is 7.60. The molecule has 0 N–H and O–H groups in total. The van der Waals surface area contributed by atoms with E-state index < -0.39 is 36.4 Å². The minimum Gasteiger partial charge on any atom is -0.459 e. The molecule has 1 saturated heterocycles. The summed E-state index contributed by atoms with van der Waals surface area (Å²) in [5, 5.41) is 0. The molecule has 1 aromatic carbocycles. The molecule has 0 radical (unpaired) electrons. The molecule has 7 heteroatoms. The smallest absolute Gasteiger partial charge is 0.338 e. The maximum absolute atomic E-state index is 12.0. The van der Waals surface area contributed by atoms with Crippen LogP contribution in [0.2, 0.25) is 0 Å². The Balaban J connectivity index is 1.98. The molecule has 24 heavy (non-hydrogen) atoms. The van der Waals surface area contributed by atoms with Gasteiger partial charge in [-0.05, 0) is 12.1 Å². The number of rotatable bonds is 5. The lowest BCUT2D eigenvalue weighted by Gasteiger charge is -2.20. The zero-order chi connectivity index (χ0) is 17.7. The van der Waals surface area contributed by atoms with E-state index in [1.54, 1.807) is 37.3 Å². The summed E-state index contributed by atoms with van der Waals surface area (Å²) in [6.45, 7) is 4.24. The van der Waals surface area contributed by atoms with Crippen molar-refractivity contribution in [2.75, 3.05) is 6.61 Å². The van der Waals surface area contributed by atoms with Gasteiger partial charge in [0, 0.05) is 19.8 Å². The highest BCUT2D eigenvalue weighted by atomic mass is 16.7. The second-order valence-electron chi connectivity index (χ2n) is 5.55. The Kier molecular flexibility index (Phi) is 5.92. The van der Waals surface area contributed by atoms with E-state index >= 15 is 0 Å². The van der Waals surface area contributed by atoms with E-state index in [0.717, 1.165) is 0 Å². The van der Waals surface area contributed by atoms with Crippen molar-refractivity contribution in [3.05, 3.63) is 35.9 Å². The van der Waals surface area contributed by atoms with Crippen molar-refractivity contribution in [2.45, 2.75) is 39.3 Å². The van der Waals surface area contributed by atoms with Crippen molar-refractivity contribution in [2.24, 2.45) is 5.92 Å². The Bertz CT molecular complexity index is 598. The fraction of sp³-hybridized carbons (Fsp3) is 0.471. The summed E-state index contributed by atoms with van der Waals surface area (Å²) in [6, 6.07) is 8.55. The van der Waals surface area contributed by atoms with Crippen LogP contribution in [0.25, 0.3) is 0 Å². The summed E-state index contributed by atoms with van der Waals surface area (Å²) in [6.07, 6.45) is -2.31. The molecule has 0 saturated carbocycles. The van der Waals surface area contributed by atoms with Gasteiger partial charge in [0.25, 0.3) is 0 Å². The van der Waals surface area contributed by atoms with Gasteiger partial charge in [0.1, 0.15) is 12.7 Å². The predicted octanol–water partition coefficient (Wildman–Crippen LogP) is 1.70. The normalized spacial score (nSPS) is 25.8. The van der Waals surface area contributed by atoms with Gasteiger partial charge >= 0.3 is 17.9 Å². The minimum atomic E-state index is -1.01. The van der Waals surface area contributed by atoms with Crippen LogP contribution in [0.5, 0.6) is 0 Å². The van der Waals surface area contributed by atoms with Crippen LogP contribution < -0.4 is 0 Å². The van der Waals surface area contributed by atoms with Crippen LogP contribution >= 0.6 is 0 Å². The molecule has 0 aliphatic carbocycles. The molecule has 2 rings (SSSR count). The summed E-state index contributed by atoms with van der Waals surface area (Å²) in [7, 11) is 0. The highest BCUT2D eigenvalue weighted by Crippen LogP contribution is 2.30. The Morgan fingerprint density at radius 1 is 1.04 bits per heavy atom. The number of ether oxygens (including phenoxy) is 4. The van der Waals surface area contributed by atoms with Gasteiger partial charge in [0.15, 0.2) is 6.10 Å². The van der Waals surface area contributed by atoms with Crippen LogP contribution in [0.1, 0.15) is 31.1 Å². The molecule has 0 bridgehead atoms. The third-order valence-corrected chi connectivity index (χ3v) is 3.65. The van der Waals surface area contributed by atoms with E-state index in [1.165, 1.54) is 13.8 Å². The average molecular weight is 336 g/mol. The molecule has 0 spiro atoms. The molecule has 7 nitrogen and oxygen atoms in total. The van der Waals surface area contributed by atoms with E-state index in [0.29, 0.717) is 5.56 Å². The summed E-state index contributed by atoms with van der Waals surface area (Å²) in [5.41, 5.74) is 0.427. The van der Waals surface area contributed by atoms with Crippen molar-refractivity contribution in [3.63, 3.8) is 0 Å². The maximum atomic E-state index is 12.0. The standard InChI is InChI=1S/C17H20O7/c1-10-14(9-21-16(20)13-7-5-4-6-8-13)24-17(23-12(3)19)15(10)22-11(2)18/h4-8,10,14-15,17H,9H2,1-3H3/t10-,14-,15-,17+/m1/s1. The molecule has 130 valence electrons. The SMILES string of the molecule is CC(=O)O[C@H]1O[C@H](COC(=O)c2ccccc2)[C@@H](C)[C@H]1OC(C)=O. The van der Waals surface area contributed by atoms with Crippen LogP contribution in [0.4, 0.5) is 0 Å². The van der Waals surface area contributed by atoms with Crippen molar-refractivity contribution in [3.8, 4) is 0 Å². The van der Waals surface area contributed by atoms with E-state index in [4.69, 9.17) is 18.9 Å². The molecule has 1 fully saturated rings. The zero-order valence-corrected chi connectivity index (χ0v) is 13.8. The van der Waals surface area contributed by atoms with Crippen LogP contribution in [0.3, 0.4) is 0 Å². The third-order valence-electron chi connectivity index (χ3n) is 3.65. The van der Waals surface area contributed by atoms with Gasteiger partial charge in [-0.15, -0.1) is 0 Å². The van der Waals surface area contributed by atoms with E-state index in [-0.39, 0.29) is 12.5 Å². The number of hydrogen-bond donors (Lipinski definition) is 0. The summed E-state index contributed by atoms with van der Waals surface area (Å²) >= 11 is 0. The van der Waals surface area contributed by atoms with Crippen LogP contribution in [0.15, 0.2) is 30.3 Å². The number of carbonyl (C=O) groups excluding carboxylic acids is 3. The molecule has 1 aromatic rings. The Labute approximate surface area is 139 Å². The maximum Gasteiger partial charge on any atom is 0.338 e. The molecule has 0 amide bonds. The average Bonchev–Trinajstić information content (AvgIpc) is 2.81. The third kappa shape index (κ3) is 4.55. The molecule has 0 aromatic heterocycles. The summed E-state index contributed by atoms with van der Waals surface area (Å²) in [4.78, 5) is 34.4. The van der Waals surface area contributed by atoms with Crippen molar-refractivity contribution < 1.29 is 33.3 Å². The minimum absolute atomic E-state index is 0.0373. The van der Waals surface area contributed by atoms with Crippen molar-refractivity contribution >= 4 is 17.9 Å². The molecule has 1 aliphatic heterocycles. The predicted molar refractivity (Wildman–Crippen MR) is 81.9 cm³/mol. The molecule has 1 heterocycles. The second kappa shape index (κ2) is 7.92. The highest BCUT2D eigenvalue weighted by molar-refractivity contribution is 5.89. The Morgan fingerprint density at radius 3 is 2.25 bits per heavy atom. The number of esters is 3. The molecular formula is C17H20O7. The quantitative estimate of drug-likeness (QED) is 0.597. The fourth-order valence-electron chi connectivity index (χ4n) is 2.45. The topological polar surface area (TPSA) is 88.1 Å². The largest absolute Gasteiger partial charge is 0.459 e. The Morgan fingerprint density at radius 2 is 1.67 bits per heavy atom. The lowest BCUT2D eigenvalue weighted by atomic mass is 10.0. The Hall–Kier alpha value is -2.41. The van der Waals surface area contributed by atoms with Gasteiger partial charge in [0.2, 0.25) is 6.29 Å². The molecular weight excluding hydrogens is 316 g/mol. The lowest BCUT2D eigenvalue weighted by Crippen LogP contribution is -2.34. The monoisotopic (exact) mass is 336 g/mol. The van der Waals surface area contributed by atoms with Gasteiger partial charge in [-0.1, -0.05) is 25.1 Å². The van der Waals surface area contributed by atoms with Crippen LogP contribution in [0, 0.1) is 5.92 Å². The van der Waals surface area contributed by atoms with E-state index in [9.17, 15) is 14.4 Å². The van der Waals surface area contributed by atoms with Crippen LogP contribution in [-0.2, 0) is 28.5 Å². The highest BCUT2D eigenvalue weighted by Gasteiger charge is 2.46. The van der Waals surface area contributed by atoms with Crippen molar-refractivity contribution in [1.29, 1.82) is 0 Å². The number of hydrogen-bond acceptors (Lipinski definition) is 7. The zero-order valence-electron chi connectivity index (χ0n) is 13.8. The number of benzene rings is 1. The van der Waals surface area contributed by atoms with Gasteiger partial charge in [0.05, 0.1) is 5.56 Å². The number of carbonyl (C=O) groups is 3. The first-order chi connectivity index (χ1) is 11.4. The molecule has 0 unspecified atom stereocenters. The summed E-state index contributed by atoms with van der Waals surface area (Å²) in [5.74, 6) is -1.84. The lowest BCUT2D eigenvalue weighted by molar-refractivity contribution is -0.195. The summed E-state index contributed by atoms with van der Waals surface area (Å²) < 4.78 is 21.0.